The van der Waals surface area contributed by atoms with E-state index in [0.29, 0.717) is 17.7 Å². The van der Waals surface area contributed by atoms with E-state index in [-0.39, 0.29) is 0 Å². The van der Waals surface area contributed by atoms with E-state index in [2.05, 4.69) is 22.2 Å². The molecule has 5 nitrogen and oxygen atoms in total. The van der Waals surface area contributed by atoms with Gasteiger partial charge in [0.2, 0.25) is 0 Å². The number of aldehydes is 1. The maximum atomic E-state index is 11.2. The summed E-state index contributed by atoms with van der Waals surface area (Å²) in [7, 11) is 0. The van der Waals surface area contributed by atoms with Crippen molar-refractivity contribution in [3.63, 3.8) is 0 Å². The summed E-state index contributed by atoms with van der Waals surface area (Å²) in [5, 5.41) is 8.04. The molecule has 0 N–H and O–H groups in total. The molecule has 3 rings (SSSR count). The normalized spacial score (nSPS) is 10.5. The van der Waals surface area contributed by atoms with Crippen molar-refractivity contribution in [1.29, 1.82) is 0 Å². The van der Waals surface area contributed by atoms with Crippen LogP contribution in [0.1, 0.15) is 23.0 Å². The number of hydrogen-bond acceptors (Lipinski definition) is 4. The lowest BCUT2D eigenvalue weighted by Crippen LogP contribution is -2.00. The van der Waals surface area contributed by atoms with E-state index in [1.54, 1.807) is 17.1 Å². The Labute approximate surface area is 122 Å². The highest BCUT2D eigenvalue weighted by atomic mass is 16.1. The number of hydrogen-bond donors (Lipinski definition) is 0. The third kappa shape index (κ3) is 2.45. The van der Waals surface area contributed by atoms with Gasteiger partial charge in [0.15, 0.2) is 12.0 Å². The molecule has 2 aromatic heterocycles. The number of carbonyl (C=O) groups is 1. The molecule has 0 saturated carbocycles. The Bertz CT molecular complexity index is 748. The summed E-state index contributed by atoms with van der Waals surface area (Å²) in [6.07, 6.45) is 5.08. The van der Waals surface area contributed by atoms with Crippen molar-refractivity contribution in [2.24, 2.45) is 0 Å². The van der Waals surface area contributed by atoms with Crippen molar-refractivity contribution < 1.29 is 4.79 Å². The first-order chi connectivity index (χ1) is 10.3. The van der Waals surface area contributed by atoms with Crippen LogP contribution in [-0.2, 0) is 6.42 Å². The molecular weight excluding hydrogens is 264 g/mol. The molecule has 0 atom stereocenters. The van der Waals surface area contributed by atoms with Gasteiger partial charge in [-0.2, -0.15) is 0 Å². The molecule has 0 aliphatic heterocycles. The highest BCUT2D eigenvalue weighted by Crippen LogP contribution is 2.23. The van der Waals surface area contributed by atoms with Crippen molar-refractivity contribution >= 4 is 6.29 Å². The average molecular weight is 278 g/mol. The molecule has 0 aliphatic rings. The van der Waals surface area contributed by atoms with Gasteiger partial charge >= 0.3 is 0 Å². The van der Waals surface area contributed by atoms with Crippen LogP contribution in [0.2, 0.25) is 0 Å². The second-order valence-corrected chi connectivity index (χ2v) is 4.61. The smallest absolute Gasteiger partial charge is 0.172 e. The number of aromatic nitrogens is 4. The number of nitrogens with zero attached hydrogens (tertiary/aromatic N) is 4. The predicted octanol–water partition coefficient (Wildman–Crippen LogP) is 2.70. The number of aryl methyl sites for hydroxylation is 1. The van der Waals surface area contributed by atoms with Crippen LogP contribution in [0, 0.1) is 0 Å². The summed E-state index contributed by atoms with van der Waals surface area (Å²) in [5.41, 5.74) is 3.89. The van der Waals surface area contributed by atoms with Gasteiger partial charge in [-0.1, -0.05) is 24.3 Å². The van der Waals surface area contributed by atoms with Gasteiger partial charge in [-0.15, -0.1) is 5.10 Å². The minimum atomic E-state index is 0.308. The zero-order valence-corrected chi connectivity index (χ0v) is 11.6. The van der Waals surface area contributed by atoms with E-state index in [1.165, 1.54) is 5.56 Å². The summed E-state index contributed by atoms with van der Waals surface area (Å²) >= 11 is 0. The van der Waals surface area contributed by atoms with Crippen LogP contribution in [0.25, 0.3) is 16.9 Å². The minimum Gasteiger partial charge on any atom is -0.296 e. The highest BCUT2D eigenvalue weighted by Gasteiger charge is 2.15. The molecule has 1 aromatic carbocycles. The van der Waals surface area contributed by atoms with Crippen LogP contribution >= 0.6 is 0 Å². The Morgan fingerprint density at radius 1 is 1.19 bits per heavy atom. The third-order valence-electron chi connectivity index (χ3n) is 3.33. The summed E-state index contributed by atoms with van der Waals surface area (Å²) in [5.74, 6) is 0. The summed E-state index contributed by atoms with van der Waals surface area (Å²) in [6, 6.07) is 11.7. The fourth-order valence-corrected chi connectivity index (χ4v) is 2.20. The van der Waals surface area contributed by atoms with Gasteiger partial charge in [0.05, 0.1) is 5.69 Å². The number of pyridine rings is 1. The van der Waals surface area contributed by atoms with Crippen LogP contribution in [0.5, 0.6) is 0 Å². The monoisotopic (exact) mass is 278 g/mol. The topological polar surface area (TPSA) is 60.7 Å². The Morgan fingerprint density at radius 2 is 2.00 bits per heavy atom. The molecule has 0 fully saturated rings. The molecule has 5 heteroatoms. The van der Waals surface area contributed by atoms with Gasteiger partial charge in [0, 0.05) is 18.0 Å². The first-order valence-electron chi connectivity index (χ1n) is 6.74. The lowest BCUT2D eigenvalue weighted by Gasteiger charge is -2.07. The first-order valence-corrected chi connectivity index (χ1v) is 6.74. The Morgan fingerprint density at radius 3 is 2.62 bits per heavy atom. The maximum absolute atomic E-state index is 11.2. The lowest BCUT2D eigenvalue weighted by molar-refractivity contribution is 0.111. The van der Waals surface area contributed by atoms with Gasteiger partial charge < -0.3 is 0 Å². The largest absolute Gasteiger partial charge is 0.296 e. The molecular formula is C16H14N4O. The van der Waals surface area contributed by atoms with E-state index in [0.717, 1.165) is 17.7 Å². The van der Waals surface area contributed by atoms with Crippen LogP contribution in [0.4, 0.5) is 0 Å². The molecule has 0 bridgehead atoms. The van der Waals surface area contributed by atoms with E-state index in [1.807, 2.05) is 36.4 Å². The van der Waals surface area contributed by atoms with Gasteiger partial charge in [0.1, 0.15) is 5.69 Å². The quantitative estimate of drug-likeness (QED) is 0.688. The minimum absolute atomic E-state index is 0.308. The number of rotatable bonds is 4. The van der Waals surface area contributed by atoms with Crippen LogP contribution in [0.15, 0.2) is 48.8 Å². The summed E-state index contributed by atoms with van der Waals surface area (Å²) < 4.78 is 1.67. The maximum Gasteiger partial charge on any atom is 0.172 e. The molecule has 21 heavy (non-hydrogen) atoms. The van der Waals surface area contributed by atoms with Crippen molar-refractivity contribution in [3.05, 3.63) is 60.0 Å². The fourth-order valence-electron chi connectivity index (χ4n) is 2.20. The van der Waals surface area contributed by atoms with Crippen molar-refractivity contribution in [2.75, 3.05) is 0 Å². The molecule has 0 spiro atoms. The average Bonchev–Trinajstić information content (AvgIpc) is 2.99. The molecule has 0 aliphatic carbocycles. The molecule has 104 valence electrons. The van der Waals surface area contributed by atoms with Gasteiger partial charge in [-0.25, -0.2) is 4.68 Å². The lowest BCUT2D eigenvalue weighted by atomic mass is 10.1. The number of carbonyl (C=O) groups excluding carboxylic acids is 1. The highest BCUT2D eigenvalue weighted by molar-refractivity contribution is 5.83. The van der Waals surface area contributed by atoms with Crippen LogP contribution < -0.4 is 0 Å². The molecule has 0 saturated heterocycles. The number of benzene rings is 1. The summed E-state index contributed by atoms with van der Waals surface area (Å²) in [4.78, 5) is 15.3. The standard InChI is InChI=1S/C16H14N4O/c1-2-12-5-7-14(8-6-12)20-16(15(11-21)18-19-20)13-4-3-9-17-10-13/h3-11H,2H2,1H3. The first kappa shape index (κ1) is 13.2. The Kier molecular flexibility index (Phi) is 3.55. The third-order valence-corrected chi connectivity index (χ3v) is 3.33. The van der Waals surface area contributed by atoms with E-state index in [4.69, 9.17) is 0 Å². The van der Waals surface area contributed by atoms with Crippen LogP contribution in [0.3, 0.4) is 0 Å². The van der Waals surface area contributed by atoms with E-state index < -0.39 is 0 Å². The second-order valence-electron chi connectivity index (χ2n) is 4.61. The van der Waals surface area contributed by atoms with Gasteiger partial charge in [-0.3, -0.25) is 9.78 Å². The molecule has 3 aromatic rings. The van der Waals surface area contributed by atoms with Crippen molar-refractivity contribution in [2.45, 2.75) is 13.3 Å². The van der Waals surface area contributed by atoms with Crippen LogP contribution in [-0.4, -0.2) is 26.3 Å². The zero-order valence-electron chi connectivity index (χ0n) is 11.6. The molecule has 2 heterocycles. The second kappa shape index (κ2) is 5.66. The fraction of sp³-hybridized carbons (Fsp3) is 0.125. The predicted molar refractivity (Wildman–Crippen MR) is 79.4 cm³/mol. The zero-order chi connectivity index (χ0) is 14.7. The van der Waals surface area contributed by atoms with Gasteiger partial charge in [-0.05, 0) is 36.2 Å². The molecule has 0 radical (unpaired) electrons. The Hall–Kier alpha value is -2.82. The van der Waals surface area contributed by atoms with E-state index >= 15 is 0 Å². The van der Waals surface area contributed by atoms with E-state index in [9.17, 15) is 4.79 Å². The van der Waals surface area contributed by atoms with Gasteiger partial charge in [0.25, 0.3) is 0 Å². The SMILES string of the molecule is CCc1ccc(-n2nnc(C=O)c2-c2cccnc2)cc1. The molecule has 0 unspecified atom stereocenters. The molecule has 0 amide bonds. The summed E-state index contributed by atoms with van der Waals surface area (Å²) in [6.45, 7) is 2.11. The van der Waals surface area contributed by atoms with Crippen molar-refractivity contribution in [1.82, 2.24) is 20.0 Å². The Balaban J connectivity index is 2.15. The van der Waals surface area contributed by atoms with Crippen molar-refractivity contribution in [3.8, 4) is 16.9 Å².